The SMILES string of the molecule is Fc1ccc(O[C@@H]2CC[C@H]2NCc2c(F)ccc3cnccc23)c(F)c1. The standard InChI is InChI=1S/C20H17F3N2O/c21-13-2-5-19(17(23)9-13)26-20-6-4-18(20)25-11-15-14-7-8-24-10-12(14)1-3-16(15)22/h1-3,5,7-10,18,20,25H,4,6,11H2/t18-,20-/m1/s1. The Kier molecular flexibility index (Phi) is 4.51. The van der Waals surface area contributed by atoms with Gasteiger partial charge in [-0.3, -0.25) is 4.98 Å². The lowest BCUT2D eigenvalue weighted by molar-refractivity contribution is 0.0678. The predicted octanol–water partition coefficient (Wildman–Crippen LogP) is 4.35. The van der Waals surface area contributed by atoms with E-state index in [-0.39, 0.29) is 23.7 Å². The molecule has 0 bridgehead atoms. The first-order chi connectivity index (χ1) is 12.6. The maximum atomic E-state index is 14.2. The number of nitrogens with zero attached hydrogens (tertiary/aromatic N) is 1. The van der Waals surface area contributed by atoms with E-state index in [1.165, 1.54) is 18.2 Å². The zero-order valence-corrected chi connectivity index (χ0v) is 13.9. The van der Waals surface area contributed by atoms with Crippen molar-refractivity contribution in [2.75, 3.05) is 0 Å². The van der Waals surface area contributed by atoms with Crippen LogP contribution in [0, 0.1) is 17.5 Å². The number of rotatable bonds is 5. The fourth-order valence-electron chi connectivity index (χ4n) is 3.20. The van der Waals surface area contributed by atoms with Crippen LogP contribution in [-0.4, -0.2) is 17.1 Å². The number of fused-ring (bicyclic) bond motifs is 1. The van der Waals surface area contributed by atoms with E-state index in [2.05, 4.69) is 10.3 Å². The Labute approximate surface area is 148 Å². The van der Waals surface area contributed by atoms with Gasteiger partial charge < -0.3 is 10.1 Å². The molecule has 1 aromatic heterocycles. The van der Waals surface area contributed by atoms with Crippen LogP contribution in [0.2, 0.25) is 0 Å². The topological polar surface area (TPSA) is 34.1 Å². The molecule has 26 heavy (non-hydrogen) atoms. The Balaban J connectivity index is 1.45. The van der Waals surface area contributed by atoms with Crippen molar-refractivity contribution in [2.24, 2.45) is 0 Å². The number of nitrogens with one attached hydrogen (secondary N) is 1. The Hall–Kier alpha value is -2.60. The fourth-order valence-corrected chi connectivity index (χ4v) is 3.20. The van der Waals surface area contributed by atoms with E-state index in [4.69, 9.17) is 4.74 Å². The Bertz CT molecular complexity index is 947. The van der Waals surface area contributed by atoms with E-state index in [0.717, 1.165) is 29.7 Å². The summed E-state index contributed by atoms with van der Waals surface area (Å²) in [7, 11) is 0. The van der Waals surface area contributed by atoms with Gasteiger partial charge in [-0.15, -0.1) is 0 Å². The van der Waals surface area contributed by atoms with Gasteiger partial charge in [0.15, 0.2) is 11.6 Å². The van der Waals surface area contributed by atoms with Gasteiger partial charge >= 0.3 is 0 Å². The molecule has 134 valence electrons. The molecule has 2 aromatic carbocycles. The summed E-state index contributed by atoms with van der Waals surface area (Å²) in [5, 5.41) is 4.98. The van der Waals surface area contributed by atoms with Crippen LogP contribution in [0.25, 0.3) is 10.8 Å². The van der Waals surface area contributed by atoms with Crippen molar-refractivity contribution >= 4 is 10.8 Å². The molecule has 0 spiro atoms. The minimum atomic E-state index is -0.719. The van der Waals surface area contributed by atoms with Gasteiger partial charge in [0.25, 0.3) is 0 Å². The fraction of sp³-hybridized carbons (Fsp3) is 0.250. The van der Waals surface area contributed by atoms with Crippen LogP contribution in [0.1, 0.15) is 18.4 Å². The van der Waals surface area contributed by atoms with E-state index in [1.807, 2.05) is 0 Å². The third-order valence-electron chi connectivity index (χ3n) is 4.80. The zero-order valence-electron chi connectivity index (χ0n) is 13.9. The Morgan fingerprint density at radius 3 is 2.69 bits per heavy atom. The van der Waals surface area contributed by atoms with Gasteiger partial charge in [-0.2, -0.15) is 0 Å². The third kappa shape index (κ3) is 3.24. The zero-order chi connectivity index (χ0) is 18.1. The maximum absolute atomic E-state index is 14.2. The second-order valence-corrected chi connectivity index (χ2v) is 6.42. The summed E-state index contributed by atoms with van der Waals surface area (Å²) in [6, 6.07) is 8.16. The minimum absolute atomic E-state index is 0.0176. The van der Waals surface area contributed by atoms with Gasteiger partial charge in [0, 0.05) is 42.0 Å². The monoisotopic (exact) mass is 358 g/mol. The summed E-state index contributed by atoms with van der Waals surface area (Å²) < 4.78 is 46.6. The third-order valence-corrected chi connectivity index (χ3v) is 4.80. The van der Waals surface area contributed by atoms with Crippen molar-refractivity contribution in [2.45, 2.75) is 31.5 Å². The van der Waals surface area contributed by atoms with E-state index in [9.17, 15) is 13.2 Å². The number of pyridine rings is 1. The second-order valence-electron chi connectivity index (χ2n) is 6.42. The van der Waals surface area contributed by atoms with Crippen LogP contribution < -0.4 is 10.1 Å². The summed E-state index contributed by atoms with van der Waals surface area (Å²) in [6.07, 6.45) is 4.72. The molecule has 1 aliphatic rings. The number of aromatic nitrogens is 1. The summed E-state index contributed by atoms with van der Waals surface area (Å²) in [5.74, 6) is -1.61. The van der Waals surface area contributed by atoms with Crippen molar-refractivity contribution in [1.29, 1.82) is 0 Å². The van der Waals surface area contributed by atoms with Crippen molar-refractivity contribution in [1.82, 2.24) is 10.3 Å². The highest BCUT2D eigenvalue weighted by Crippen LogP contribution is 2.29. The number of benzene rings is 2. The molecule has 1 aliphatic carbocycles. The first kappa shape index (κ1) is 16.8. The minimum Gasteiger partial charge on any atom is -0.486 e. The molecule has 1 N–H and O–H groups in total. The molecule has 1 fully saturated rings. The number of halogens is 3. The molecule has 2 atom stereocenters. The van der Waals surface area contributed by atoms with Crippen molar-refractivity contribution < 1.29 is 17.9 Å². The van der Waals surface area contributed by atoms with Gasteiger partial charge in [0.05, 0.1) is 0 Å². The van der Waals surface area contributed by atoms with Gasteiger partial charge in [0.1, 0.15) is 17.7 Å². The summed E-state index contributed by atoms with van der Waals surface area (Å²) in [5.41, 5.74) is 0.573. The molecule has 0 amide bonds. The summed E-state index contributed by atoms with van der Waals surface area (Å²) >= 11 is 0. The van der Waals surface area contributed by atoms with Gasteiger partial charge in [-0.05, 0) is 48.6 Å². The van der Waals surface area contributed by atoms with Gasteiger partial charge in [0.2, 0.25) is 0 Å². The first-order valence-electron chi connectivity index (χ1n) is 8.48. The van der Waals surface area contributed by atoms with Crippen molar-refractivity contribution in [3.63, 3.8) is 0 Å². The molecular weight excluding hydrogens is 341 g/mol. The largest absolute Gasteiger partial charge is 0.486 e. The molecule has 0 radical (unpaired) electrons. The smallest absolute Gasteiger partial charge is 0.167 e. The second kappa shape index (κ2) is 6.96. The average Bonchev–Trinajstić information content (AvgIpc) is 2.62. The van der Waals surface area contributed by atoms with Crippen LogP contribution in [0.3, 0.4) is 0 Å². The summed E-state index contributed by atoms with van der Waals surface area (Å²) in [4.78, 5) is 4.05. The lowest BCUT2D eigenvalue weighted by Crippen LogP contribution is -2.50. The molecular formula is C20H17F3N2O. The van der Waals surface area contributed by atoms with E-state index < -0.39 is 11.6 Å². The first-order valence-corrected chi connectivity index (χ1v) is 8.48. The molecule has 1 saturated carbocycles. The molecule has 0 saturated heterocycles. The quantitative estimate of drug-likeness (QED) is 0.736. The highest BCUT2D eigenvalue weighted by atomic mass is 19.1. The Morgan fingerprint density at radius 1 is 1.04 bits per heavy atom. The lowest BCUT2D eigenvalue weighted by Gasteiger charge is -2.37. The highest BCUT2D eigenvalue weighted by molar-refractivity contribution is 5.84. The molecule has 3 aromatic rings. The van der Waals surface area contributed by atoms with Gasteiger partial charge in [-0.1, -0.05) is 0 Å². The summed E-state index contributed by atoms with van der Waals surface area (Å²) in [6.45, 7) is 0.337. The molecule has 0 aliphatic heterocycles. The van der Waals surface area contributed by atoms with Crippen LogP contribution in [-0.2, 0) is 6.54 Å². The van der Waals surface area contributed by atoms with Crippen LogP contribution >= 0.6 is 0 Å². The molecule has 1 heterocycles. The normalized spacial score (nSPS) is 19.3. The van der Waals surface area contributed by atoms with E-state index in [1.54, 1.807) is 24.5 Å². The average molecular weight is 358 g/mol. The van der Waals surface area contributed by atoms with E-state index >= 15 is 0 Å². The maximum Gasteiger partial charge on any atom is 0.167 e. The van der Waals surface area contributed by atoms with Crippen LogP contribution in [0.15, 0.2) is 48.8 Å². The number of ether oxygens (including phenoxy) is 1. The Morgan fingerprint density at radius 2 is 1.92 bits per heavy atom. The number of hydrogen-bond acceptors (Lipinski definition) is 3. The molecule has 4 rings (SSSR count). The molecule has 0 unspecified atom stereocenters. The van der Waals surface area contributed by atoms with E-state index in [0.29, 0.717) is 12.1 Å². The van der Waals surface area contributed by atoms with Crippen LogP contribution in [0.5, 0.6) is 5.75 Å². The molecule has 3 nitrogen and oxygen atoms in total. The van der Waals surface area contributed by atoms with Crippen molar-refractivity contribution in [3.05, 3.63) is 71.8 Å². The van der Waals surface area contributed by atoms with Crippen molar-refractivity contribution in [3.8, 4) is 5.75 Å². The predicted molar refractivity (Wildman–Crippen MR) is 92.3 cm³/mol. The highest BCUT2D eigenvalue weighted by Gasteiger charge is 2.33. The lowest BCUT2D eigenvalue weighted by atomic mass is 9.88. The van der Waals surface area contributed by atoms with Gasteiger partial charge in [-0.25, -0.2) is 13.2 Å². The number of hydrogen-bond donors (Lipinski definition) is 1. The van der Waals surface area contributed by atoms with Crippen LogP contribution in [0.4, 0.5) is 13.2 Å². The molecule has 6 heteroatoms.